The van der Waals surface area contributed by atoms with E-state index in [1.54, 1.807) is 16.2 Å². The van der Waals surface area contributed by atoms with Crippen LogP contribution in [0.3, 0.4) is 0 Å². The Labute approximate surface area is 213 Å². The third-order valence-electron chi connectivity index (χ3n) is 5.83. The van der Waals surface area contributed by atoms with Gasteiger partial charge in [0.15, 0.2) is 0 Å². The number of thiazole rings is 1. The number of Topliss-reactive ketones (excluding diaryl/α,β-unsaturated/α-hetero) is 1. The predicted octanol–water partition coefficient (Wildman–Crippen LogP) is 6.00. The van der Waals surface area contributed by atoms with Gasteiger partial charge in [0.2, 0.25) is 5.91 Å². The smallest absolute Gasteiger partial charge is 0.410 e. The molecule has 3 heterocycles. The number of carbonyl (C=O) groups excluding carboxylic acids is 3. The number of rotatable bonds is 3. The third kappa shape index (κ3) is 4.63. The molecule has 5 rings (SSSR count). The minimum atomic E-state index is -0.563. The van der Waals surface area contributed by atoms with Crippen molar-refractivity contribution in [1.82, 2.24) is 9.88 Å². The minimum absolute atomic E-state index is 0.121. The van der Waals surface area contributed by atoms with Gasteiger partial charge in [-0.15, -0.1) is 22.7 Å². The fraction of sp³-hybridized carbons (Fsp3) is 0.417. The maximum absolute atomic E-state index is 12.8. The number of nitrogens with zero attached hydrogens (tertiary/aromatic N) is 2. The standard InChI is InChI=1S/C24H24BrN3O4S2/c1-24(2,3)32-23(31)28-7-6-15-18(11-28)34-22(27-20(30)12-8-14(29)9-12)19(15)21-26-16-5-4-13(25)10-17(16)33-21/h4-5,10,12H,6-9,11H2,1-3H3,(H,27,30). The van der Waals surface area contributed by atoms with Crippen LogP contribution in [0.4, 0.5) is 9.80 Å². The van der Waals surface area contributed by atoms with Gasteiger partial charge in [-0.1, -0.05) is 15.9 Å². The van der Waals surface area contributed by atoms with Crippen molar-refractivity contribution in [2.75, 3.05) is 11.9 Å². The summed E-state index contributed by atoms with van der Waals surface area (Å²) in [6, 6.07) is 5.97. The Morgan fingerprint density at radius 1 is 1.24 bits per heavy atom. The molecule has 2 aromatic heterocycles. The highest BCUT2D eigenvalue weighted by molar-refractivity contribution is 9.10. The van der Waals surface area contributed by atoms with Crippen LogP contribution in [-0.2, 0) is 27.3 Å². The number of thiophene rings is 1. The first kappa shape index (κ1) is 23.4. The van der Waals surface area contributed by atoms with E-state index in [0.717, 1.165) is 40.7 Å². The van der Waals surface area contributed by atoms with Crippen LogP contribution in [0, 0.1) is 5.92 Å². The van der Waals surface area contributed by atoms with Crippen molar-refractivity contribution in [2.24, 2.45) is 5.92 Å². The molecule has 34 heavy (non-hydrogen) atoms. The van der Waals surface area contributed by atoms with E-state index < -0.39 is 5.60 Å². The summed E-state index contributed by atoms with van der Waals surface area (Å²) in [5.41, 5.74) is 2.38. The van der Waals surface area contributed by atoms with E-state index in [9.17, 15) is 14.4 Å². The quantitative estimate of drug-likeness (QED) is 0.423. The van der Waals surface area contributed by atoms with Gasteiger partial charge >= 0.3 is 6.09 Å². The summed E-state index contributed by atoms with van der Waals surface area (Å²) in [6.45, 7) is 6.53. The number of anilines is 1. The lowest BCUT2D eigenvalue weighted by Crippen LogP contribution is -2.39. The number of halogens is 1. The number of hydrogen-bond donors (Lipinski definition) is 1. The maximum atomic E-state index is 12.8. The highest BCUT2D eigenvalue weighted by Crippen LogP contribution is 2.46. The topological polar surface area (TPSA) is 88.6 Å². The van der Waals surface area contributed by atoms with Gasteiger partial charge in [0.25, 0.3) is 0 Å². The molecule has 0 radical (unpaired) electrons. The van der Waals surface area contributed by atoms with Gasteiger partial charge in [0, 0.05) is 34.3 Å². The highest BCUT2D eigenvalue weighted by atomic mass is 79.9. The van der Waals surface area contributed by atoms with Gasteiger partial charge in [-0.05, 0) is 51.0 Å². The zero-order valence-electron chi connectivity index (χ0n) is 19.1. The number of aromatic nitrogens is 1. The van der Waals surface area contributed by atoms with Crippen LogP contribution in [0.15, 0.2) is 22.7 Å². The van der Waals surface area contributed by atoms with Gasteiger partial charge in [-0.3, -0.25) is 9.59 Å². The van der Waals surface area contributed by atoms with Crippen LogP contribution in [0.5, 0.6) is 0 Å². The largest absolute Gasteiger partial charge is 0.444 e. The van der Waals surface area contributed by atoms with E-state index in [1.807, 2.05) is 39.0 Å². The molecule has 178 valence electrons. The lowest BCUT2D eigenvalue weighted by Gasteiger charge is -2.30. The molecular formula is C24H24BrN3O4S2. The van der Waals surface area contributed by atoms with Crippen LogP contribution < -0.4 is 5.32 Å². The van der Waals surface area contributed by atoms with E-state index in [1.165, 1.54) is 11.3 Å². The summed E-state index contributed by atoms with van der Waals surface area (Å²) in [5, 5.41) is 4.66. The summed E-state index contributed by atoms with van der Waals surface area (Å²) >= 11 is 6.58. The van der Waals surface area contributed by atoms with Gasteiger partial charge < -0.3 is 15.0 Å². The van der Waals surface area contributed by atoms with Crippen LogP contribution in [0.25, 0.3) is 20.8 Å². The second-order valence-corrected chi connectivity index (χ2v) is 12.7. The molecule has 0 spiro atoms. The lowest BCUT2D eigenvalue weighted by atomic mass is 9.83. The van der Waals surface area contributed by atoms with Crippen LogP contribution in [0.1, 0.15) is 44.1 Å². The van der Waals surface area contributed by atoms with E-state index >= 15 is 0 Å². The molecule has 0 bridgehead atoms. The van der Waals surface area contributed by atoms with Crippen LogP contribution in [0.2, 0.25) is 0 Å². The molecule has 0 unspecified atom stereocenters. The monoisotopic (exact) mass is 561 g/mol. The molecule has 1 aromatic carbocycles. The number of nitrogens with one attached hydrogen (secondary N) is 1. The number of carbonyl (C=O) groups is 3. The van der Waals surface area contributed by atoms with Gasteiger partial charge in [0.1, 0.15) is 21.4 Å². The second-order valence-electron chi connectivity index (χ2n) is 9.62. The first-order valence-electron chi connectivity index (χ1n) is 11.1. The van der Waals surface area contributed by atoms with Crippen molar-refractivity contribution < 1.29 is 19.1 Å². The Morgan fingerprint density at radius 3 is 2.71 bits per heavy atom. The second kappa shape index (κ2) is 8.73. The molecule has 1 aliphatic heterocycles. The molecule has 2 aliphatic rings. The van der Waals surface area contributed by atoms with Crippen molar-refractivity contribution in [3.8, 4) is 10.6 Å². The van der Waals surface area contributed by atoms with Crippen LogP contribution >= 0.6 is 38.6 Å². The minimum Gasteiger partial charge on any atom is -0.444 e. The molecule has 1 aliphatic carbocycles. The average molecular weight is 563 g/mol. The zero-order chi connectivity index (χ0) is 24.2. The Balaban J connectivity index is 1.50. The highest BCUT2D eigenvalue weighted by Gasteiger charge is 2.35. The van der Waals surface area contributed by atoms with Crippen molar-refractivity contribution in [1.29, 1.82) is 0 Å². The molecule has 0 atom stereocenters. The molecule has 10 heteroatoms. The Hall–Kier alpha value is -2.30. The normalized spacial score (nSPS) is 16.4. The van der Waals surface area contributed by atoms with E-state index in [2.05, 4.69) is 21.2 Å². The van der Waals surface area contributed by atoms with Gasteiger partial charge in [-0.2, -0.15) is 0 Å². The Morgan fingerprint density at radius 2 is 2.00 bits per heavy atom. The zero-order valence-corrected chi connectivity index (χ0v) is 22.3. The van der Waals surface area contributed by atoms with Gasteiger partial charge in [0.05, 0.1) is 22.7 Å². The van der Waals surface area contributed by atoms with Crippen molar-refractivity contribution in [2.45, 2.75) is 52.2 Å². The van der Waals surface area contributed by atoms with Gasteiger partial charge in [-0.25, -0.2) is 9.78 Å². The number of benzene rings is 1. The van der Waals surface area contributed by atoms with Crippen molar-refractivity contribution in [3.63, 3.8) is 0 Å². The SMILES string of the molecule is CC(C)(C)OC(=O)N1CCc2c(sc(NC(=O)C3CC(=O)C3)c2-c2nc3ccc(Br)cc3s2)C1. The summed E-state index contributed by atoms with van der Waals surface area (Å²) < 4.78 is 7.61. The summed E-state index contributed by atoms with van der Waals surface area (Å²) in [7, 11) is 0. The third-order valence-corrected chi connectivity index (χ3v) is 8.49. The summed E-state index contributed by atoms with van der Waals surface area (Å²) in [4.78, 5) is 44.5. The van der Waals surface area contributed by atoms with Crippen molar-refractivity contribution >= 4 is 71.6 Å². The van der Waals surface area contributed by atoms with E-state index in [0.29, 0.717) is 32.4 Å². The Bertz CT molecular complexity index is 1320. The molecular weight excluding hydrogens is 538 g/mol. The molecule has 1 saturated carbocycles. The van der Waals surface area contributed by atoms with Crippen LogP contribution in [-0.4, -0.2) is 39.8 Å². The number of hydrogen-bond acceptors (Lipinski definition) is 7. The molecule has 7 nitrogen and oxygen atoms in total. The number of fused-ring (bicyclic) bond motifs is 2. The predicted molar refractivity (Wildman–Crippen MR) is 137 cm³/mol. The molecule has 1 fully saturated rings. The molecule has 1 N–H and O–H groups in total. The summed E-state index contributed by atoms with van der Waals surface area (Å²) in [6.07, 6.45) is 0.913. The van der Waals surface area contributed by atoms with Crippen molar-refractivity contribution in [3.05, 3.63) is 33.1 Å². The fourth-order valence-electron chi connectivity index (χ4n) is 4.09. The fourth-order valence-corrected chi connectivity index (χ4v) is 7.02. The molecule has 3 aromatic rings. The number of ketones is 1. The Kier molecular flexibility index (Phi) is 6.02. The summed E-state index contributed by atoms with van der Waals surface area (Å²) in [5.74, 6) is -0.285. The van der Waals surface area contributed by atoms with E-state index in [4.69, 9.17) is 9.72 Å². The van der Waals surface area contributed by atoms with E-state index in [-0.39, 0.29) is 23.7 Å². The number of ether oxygens (including phenoxy) is 1. The number of amides is 2. The first-order valence-corrected chi connectivity index (χ1v) is 13.5. The lowest BCUT2D eigenvalue weighted by molar-refractivity contribution is -0.135. The average Bonchev–Trinajstić information content (AvgIpc) is 3.29. The first-order chi connectivity index (χ1) is 16.1. The molecule has 0 saturated heterocycles. The molecule has 2 amide bonds. The maximum Gasteiger partial charge on any atom is 0.410 e.